The molecule has 1 amide bonds. The van der Waals surface area contributed by atoms with Crippen molar-refractivity contribution in [1.82, 2.24) is 24.8 Å². The van der Waals surface area contributed by atoms with E-state index < -0.39 is 0 Å². The van der Waals surface area contributed by atoms with Gasteiger partial charge in [0.2, 0.25) is 5.91 Å². The van der Waals surface area contributed by atoms with Crippen molar-refractivity contribution >= 4 is 22.9 Å². The second kappa shape index (κ2) is 10.2. The molecule has 0 radical (unpaired) electrons. The van der Waals surface area contributed by atoms with E-state index in [0.717, 1.165) is 44.5 Å². The first-order valence-electron chi connectivity index (χ1n) is 11.8. The van der Waals surface area contributed by atoms with Crippen LogP contribution in [0, 0.1) is 5.92 Å². The Morgan fingerprint density at radius 1 is 1.13 bits per heavy atom. The number of carbonyl (C=O) groups is 1. The summed E-state index contributed by atoms with van der Waals surface area (Å²) in [5.41, 5.74) is 1.25. The highest BCUT2D eigenvalue weighted by Crippen LogP contribution is 2.21. The highest BCUT2D eigenvalue weighted by Gasteiger charge is 2.27. The van der Waals surface area contributed by atoms with Gasteiger partial charge in [-0.15, -0.1) is 0 Å². The number of anilines is 1. The van der Waals surface area contributed by atoms with Crippen molar-refractivity contribution in [3.63, 3.8) is 0 Å². The summed E-state index contributed by atoms with van der Waals surface area (Å²) < 4.78 is 1.68. The maximum Gasteiger partial charge on any atom is 0.295 e. The first-order valence-corrected chi connectivity index (χ1v) is 11.8. The Bertz CT molecular complexity index is 943. The molecule has 4 heterocycles. The van der Waals surface area contributed by atoms with Crippen LogP contribution in [-0.2, 0) is 11.3 Å². The lowest BCUT2D eigenvalue weighted by Crippen LogP contribution is -2.44. The Labute approximate surface area is 183 Å². The van der Waals surface area contributed by atoms with Crippen LogP contribution in [0.5, 0.6) is 0 Å². The van der Waals surface area contributed by atoms with Gasteiger partial charge >= 0.3 is 0 Å². The zero-order valence-corrected chi connectivity index (χ0v) is 18.6. The second-order valence-electron chi connectivity index (χ2n) is 8.64. The van der Waals surface area contributed by atoms with E-state index in [1.54, 1.807) is 10.8 Å². The lowest BCUT2D eigenvalue weighted by molar-refractivity contribution is -0.125. The summed E-state index contributed by atoms with van der Waals surface area (Å²) in [6.07, 6.45) is 8.37. The fourth-order valence-corrected chi connectivity index (χ4v) is 4.76. The van der Waals surface area contributed by atoms with Gasteiger partial charge in [0.15, 0.2) is 11.5 Å². The van der Waals surface area contributed by atoms with Crippen LogP contribution in [0.2, 0.25) is 0 Å². The molecule has 168 valence electrons. The van der Waals surface area contributed by atoms with E-state index in [9.17, 15) is 9.59 Å². The number of nitrogens with zero attached hydrogens (tertiary/aromatic N) is 5. The lowest BCUT2D eigenvalue weighted by Gasteiger charge is -2.32. The standard InChI is InChI=1S/C23H34N6O2/c1-2-29-20-19(8-7-11-24-20)26-21(23(29)31)28-15-9-18(10-16-28)22(30)25-12-17-27-13-5-3-4-6-14-27/h7-8,11,18H,2-6,9-10,12-17H2,1H3,(H,25,30). The predicted octanol–water partition coefficient (Wildman–Crippen LogP) is 2.02. The van der Waals surface area contributed by atoms with Gasteiger partial charge in [-0.2, -0.15) is 0 Å². The van der Waals surface area contributed by atoms with Crippen LogP contribution >= 0.6 is 0 Å². The van der Waals surface area contributed by atoms with Crippen LogP contribution in [0.3, 0.4) is 0 Å². The van der Waals surface area contributed by atoms with Crippen molar-refractivity contribution in [1.29, 1.82) is 0 Å². The predicted molar refractivity (Wildman–Crippen MR) is 122 cm³/mol. The number of aryl methyl sites for hydroxylation is 1. The van der Waals surface area contributed by atoms with Gasteiger partial charge in [-0.25, -0.2) is 9.97 Å². The van der Waals surface area contributed by atoms with Crippen molar-refractivity contribution in [3.8, 4) is 0 Å². The molecule has 2 fully saturated rings. The van der Waals surface area contributed by atoms with Crippen LogP contribution in [-0.4, -0.2) is 64.6 Å². The average molecular weight is 427 g/mol. The van der Waals surface area contributed by atoms with E-state index in [0.29, 0.717) is 31.1 Å². The molecule has 0 aliphatic carbocycles. The minimum absolute atomic E-state index is 0.0101. The van der Waals surface area contributed by atoms with Gasteiger partial charge in [-0.3, -0.25) is 14.2 Å². The summed E-state index contributed by atoms with van der Waals surface area (Å²) >= 11 is 0. The third-order valence-corrected chi connectivity index (χ3v) is 6.59. The van der Waals surface area contributed by atoms with E-state index in [4.69, 9.17) is 0 Å². The Kier molecular flexibility index (Phi) is 7.17. The van der Waals surface area contributed by atoms with Crippen molar-refractivity contribution in [3.05, 3.63) is 28.7 Å². The minimum Gasteiger partial charge on any atom is -0.355 e. The molecular formula is C23H34N6O2. The normalized spacial score (nSPS) is 18.8. The molecule has 31 heavy (non-hydrogen) atoms. The largest absolute Gasteiger partial charge is 0.355 e. The quantitative estimate of drug-likeness (QED) is 0.761. The molecule has 0 saturated carbocycles. The molecule has 0 bridgehead atoms. The van der Waals surface area contributed by atoms with Gasteiger partial charge in [-0.05, 0) is 57.8 Å². The highest BCUT2D eigenvalue weighted by atomic mass is 16.2. The maximum atomic E-state index is 13.0. The van der Waals surface area contributed by atoms with E-state index in [1.807, 2.05) is 24.0 Å². The molecule has 1 N–H and O–H groups in total. The molecule has 0 atom stereocenters. The highest BCUT2D eigenvalue weighted by molar-refractivity contribution is 5.79. The molecule has 2 aliphatic heterocycles. The van der Waals surface area contributed by atoms with Crippen LogP contribution < -0.4 is 15.8 Å². The number of aromatic nitrogens is 3. The Balaban J connectivity index is 1.33. The second-order valence-corrected chi connectivity index (χ2v) is 8.64. The average Bonchev–Trinajstić information content (AvgIpc) is 3.08. The number of amides is 1. The van der Waals surface area contributed by atoms with Crippen molar-refractivity contribution in [2.24, 2.45) is 5.92 Å². The molecule has 2 aromatic heterocycles. The first kappa shape index (κ1) is 21.7. The number of nitrogens with one attached hydrogen (secondary N) is 1. The molecule has 4 rings (SSSR count). The Hall–Kier alpha value is -2.48. The van der Waals surface area contributed by atoms with Crippen LogP contribution in [0.25, 0.3) is 11.2 Å². The summed E-state index contributed by atoms with van der Waals surface area (Å²) in [5, 5.41) is 3.14. The van der Waals surface area contributed by atoms with Gasteiger partial charge in [-0.1, -0.05) is 12.8 Å². The molecule has 0 spiro atoms. The van der Waals surface area contributed by atoms with Crippen molar-refractivity contribution < 1.29 is 4.79 Å². The van der Waals surface area contributed by atoms with Crippen LogP contribution in [0.15, 0.2) is 23.1 Å². The minimum atomic E-state index is -0.103. The Morgan fingerprint density at radius 3 is 2.58 bits per heavy atom. The zero-order chi connectivity index (χ0) is 21.6. The van der Waals surface area contributed by atoms with Crippen molar-refractivity contribution in [2.45, 2.75) is 52.0 Å². The Morgan fingerprint density at radius 2 is 1.87 bits per heavy atom. The molecule has 0 aromatic carbocycles. The smallest absolute Gasteiger partial charge is 0.295 e. The van der Waals surface area contributed by atoms with Crippen LogP contribution in [0.1, 0.15) is 45.4 Å². The molecule has 2 aliphatic rings. The number of likely N-dealkylation sites (tertiary alicyclic amines) is 1. The third-order valence-electron chi connectivity index (χ3n) is 6.59. The van der Waals surface area contributed by atoms with Gasteiger partial charge < -0.3 is 15.1 Å². The summed E-state index contributed by atoms with van der Waals surface area (Å²) in [6, 6.07) is 3.73. The molecule has 2 saturated heterocycles. The number of fused-ring (bicyclic) bond motifs is 1. The number of piperidine rings is 1. The molecule has 2 aromatic rings. The van der Waals surface area contributed by atoms with E-state index >= 15 is 0 Å². The molecule has 8 heteroatoms. The van der Waals surface area contributed by atoms with Gasteiger partial charge in [0, 0.05) is 44.8 Å². The first-order chi connectivity index (χ1) is 15.2. The molecular weight excluding hydrogens is 392 g/mol. The maximum absolute atomic E-state index is 13.0. The number of rotatable bonds is 6. The summed E-state index contributed by atoms with van der Waals surface area (Å²) in [6.45, 7) is 7.80. The number of hydrogen-bond donors (Lipinski definition) is 1. The van der Waals surface area contributed by atoms with Gasteiger partial charge in [0.25, 0.3) is 5.56 Å². The van der Waals surface area contributed by atoms with E-state index in [2.05, 4.69) is 20.2 Å². The topological polar surface area (TPSA) is 83.4 Å². The molecule has 8 nitrogen and oxygen atoms in total. The zero-order valence-electron chi connectivity index (χ0n) is 18.6. The fourth-order valence-electron chi connectivity index (χ4n) is 4.76. The number of hydrogen-bond acceptors (Lipinski definition) is 6. The summed E-state index contributed by atoms with van der Waals surface area (Å²) in [4.78, 5) is 39.1. The van der Waals surface area contributed by atoms with Gasteiger partial charge in [0.1, 0.15) is 5.52 Å². The number of pyridine rings is 1. The van der Waals surface area contributed by atoms with E-state index in [1.165, 1.54) is 25.7 Å². The van der Waals surface area contributed by atoms with Gasteiger partial charge in [0.05, 0.1) is 0 Å². The lowest BCUT2D eigenvalue weighted by atomic mass is 9.96. The summed E-state index contributed by atoms with van der Waals surface area (Å²) in [5.74, 6) is 0.634. The molecule has 0 unspecified atom stereocenters. The summed E-state index contributed by atoms with van der Waals surface area (Å²) in [7, 11) is 0. The van der Waals surface area contributed by atoms with Crippen LogP contribution in [0.4, 0.5) is 5.82 Å². The van der Waals surface area contributed by atoms with E-state index in [-0.39, 0.29) is 17.4 Å². The number of carbonyl (C=O) groups excluding carboxylic acids is 1. The van der Waals surface area contributed by atoms with Crippen molar-refractivity contribution in [2.75, 3.05) is 44.2 Å². The SMILES string of the molecule is CCn1c(=O)c(N2CCC(C(=O)NCCN3CCCCCC3)CC2)nc2cccnc21. The fraction of sp³-hybridized carbons (Fsp3) is 0.652. The monoisotopic (exact) mass is 426 g/mol. The third kappa shape index (κ3) is 5.06.